The van der Waals surface area contributed by atoms with Crippen molar-refractivity contribution >= 4 is 5.97 Å². The monoisotopic (exact) mass is 388 g/mol. The summed E-state index contributed by atoms with van der Waals surface area (Å²) in [6, 6.07) is 0. The average molecular weight is 388 g/mol. The standard InChI is InChI=1S/C16H21F5O5/c1-9(2)11(22)25-10-6-5-7-12(10,3)26-13(4)8-24-15(23,14(13,17)18)16(19,20)21/h10,23H,1,5-8H2,2-4H3. The van der Waals surface area contributed by atoms with Crippen molar-refractivity contribution in [3.63, 3.8) is 0 Å². The molecule has 1 heterocycles. The van der Waals surface area contributed by atoms with Gasteiger partial charge in [-0.25, -0.2) is 4.79 Å². The van der Waals surface area contributed by atoms with Crippen LogP contribution in [-0.2, 0) is 19.0 Å². The Bertz CT molecular complexity index is 606. The van der Waals surface area contributed by atoms with Crippen LogP contribution in [-0.4, -0.2) is 52.9 Å². The highest BCUT2D eigenvalue weighted by Gasteiger charge is 2.82. The molecular formula is C16H21F5O5. The number of aliphatic hydroxyl groups is 1. The molecule has 2 rings (SSSR count). The lowest BCUT2D eigenvalue weighted by Gasteiger charge is -2.42. The largest absolute Gasteiger partial charge is 0.456 e. The molecule has 1 N–H and O–H groups in total. The van der Waals surface area contributed by atoms with E-state index in [1.54, 1.807) is 0 Å². The summed E-state index contributed by atoms with van der Waals surface area (Å²) in [5.74, 6) is -10.2. The number of carbonyl (C=O) groups excluding carboxylic acids is 1. The Morgan fingerprint density at radius 1 is 1.31 bits per heavy atom. The van der Waals surface area contributed by atoms with E-state index in [2.05, 4.69) is 11.3 Å². The SMILES string of the molecule is C=C(C)C(=O)OC1CCCC1(C)OC1(C)COC(O)(C(F)(F)F)C1(F)F. The Morgan fingerprint density at radius 2 is 1.88 bits per heavy atom. The van der Waals surface area contributed by atoms with Gasteiger partial charge in [0.25, 0.3) is 0 Å². The average Bonchev–Trinajstić information content (AvgIpc) is 2.90. The minimum absolute atomic E-state index is 0.0893. The van der Waals surface area contributed by atoms with Crippen LogP contribution in [0.2, 0.25) is 0 Å². The second-order valence-electron chi connectivity index (χ2n) is 7.22. The lowest BCUT2D eigenvalue weighted by molar-refractivity contribution is -0.412. The maximum atomic E-state index is 14.5. The number of rotatable bonds is 4. The van der Waals surface area contributed by atoms with Crippen molar-refractivity contribution in [3.05, 3.63) is 12.2 Å². The van der Waals surface area contributed by atoms with Crippen molar-refractivity contribution in [1.82, 2.24) is 0 Å². The summed E-state index contributed by atoms with van der Waals surface area (Å²) >= 11 is 0. The van der Waals surface area contributed by atoms with Gasteiger partial charge in [0.2, 0.25) is 0 Å². The minimum atomic E-state index is -5.72. The van der Waals surface area contributed by atoms with E-state index in [0.717, 1.165) is 6.92 Å². The molecule has 5 nitrogen and oxygen atoms in total. The van der Waals surface area contributed by atoms with Crippen molar-refractivity contribution in [3.8, 4) is 0 Å². The predicted octanol–water partition coefficient (Wildman–Crippen LogP) is 3.11. The number of hydrogen-bond donors (Lipinski definition) is 1. The van der Waals surface area contributed by atoms with E-state index in [9.17, 15) is 31.9 Å². The molecule has 0 amide bonds. The summed E-state index contributed by atoms with van der Waals surface area (Å²) in [4.78, 5) is 11.7. The van der Waals surface area contributed by atoms with Gasteiger partial charge in [0, 0.05) is 5.57 Å². The number of esters is 1. The summed E-state index contributed by atoms with van der Waals surface area (Å²) in [5.41, 5.74) is -4.15. The van der Waals surface area contributed by atoms with Gasteiger partial charge in [-0.2, -0.15) is 22.0 Å². The van der Waals surface area contributed by atoms with E-state index in [1.165, 1.54) is 13.8 Å². The molecule has 150 valence electrons. The van der Waals surface area contributed by atoms with Gasteiger partial charge in [-0.1, -0.05) is 6.58 Å². The van der Waals surface area contributed by atoms with E-state index in [0.29, 0.717) is 12.8 Å². The molecule has 0 aromatic carbocycles. The molecule has 0 bridgehead atoms. The van der Waals surface area contributed by atoms with Crippen molar-refractivity contribution in [2.24, 2.45) is 0 Å². The number of alkyl halides is 5. The molecule has 1 saturated carbocycles. The lowest BCUT2D eigenvalue weighted by Crippen LogP contribution is -2.65. The van der Waals surface area contributed by atoms with E-state index in [-0.39, 0.29) is 12.0 Å². The first-order valence-electron chi connectivity index (χ1n) is 7.97. The molecule has 0 radical (unpaired) electrons. The summed E-state index contributed by atoms with van der Waals surface area (Å²) in [5, 5.41) is 9.46. The normalized spacial score (nSPS) is 39.8. The fraction of sp³-hybridized carbons (Fsp3) is 0.812. The quantitative estimate of drug-likeness (QED) is 0.456. The smallest absolute Gasteiger partial charge is 0.449 e. The molecule has 4 atom stereocenters. The highest BCUT2D eigenvalue weighted by Crippen LogP contribution is 2.56. The Kier molecular flexibility index (Phi) is 4.96. The Balaban J connectivity index is 2.28. The molecule has 1 aliphatic heterocycles. The van der Waals surface area contributed by atoms with Crippen LogP contribution in [0.1, 0.15) is 40.0 Å². The summed E-state index contributed by atoms with van der Waals surface area (Å²) in [6.07, 6.45) is -5.74. The van der Waals surface area contributed by atoms with Crippen molar-refractivity contribution in [2.75, 3.05) is 6.61 Å². The van der Waals surface area contributed by atoms with Crippen LogP contribution in [0.5, 0.6) is 0 Å². The lowest BCUT2D eigenvalue weighted by atomic mass is 9.91. The van der Waals surface area contributed by atoms with E-state index >= 15 is 0 Å². The molecule has 2 aliphatic rings. The number of hydrogen-bond acceptors (Lipinski definition) is 5. The zero-order valence-corrected chi connectivity index (χ0v) is 14.6. The molecule has 4 unspecified atom stereocenters. The van der Waals surface area contributed by atoms with Crippen molar-refractivity contribution in [1.29, 1.82) is 0 Å². The molecule has 10 heteroatoms. The number of ether oxygens (including phenoxy) is 3. The van der Waals surface area contributed by atoms with Crippen LogP contribution in [0.15, 0.2) is 12.2 Å². The Hall–Kier alpha value is -1.26. The Labute approximate surface area is 147 Å². The van der Waals surface area contributed by atoms with E-state index in [4.69, 9.17) is 9.47 Å². The summed E-state index contributed by atoms with van der Waals surface area (Å²) in [6.45, 7) is 5.74. The first-order valence-corrected chi connectivity index (χ1v) is 7.97. The first kappa shape index (κ1) is 21.0. The van der Waals surface area contributed by atoms with E-state index in [1.807, 2.05) is 0 Å². The maximum absolute atomic E-state index is 14.5. The van der Waals surface area contributed by atoms with Gasteiger partial charge < -0.3 is 19.3 Å². The van der Waals surface area contributed by atoms with Gasteiger partial charge in [-0.05, 0) is 40.0 Å². The molecule has 26 heavy (non-hydrogen) atoms. The minimum Gasteiger partial charge on any atom is -0.456 e. The molecule has 0 aromatic rings. The second-order valence-corrected chi connectivity index (χ2v) is 7.22. The van der Waals surface area contributed by atoms with Crippen molar-refractivity contribution in [2.45, 2.75) is 75.2 Å². The highest BCUT2D eigenvalue weighted by molar-refractivity contribution is 5.87. The number of carbonyl (C=O) groups is 1. The van der Waals surface area contributed by atoms with Gasteiger partial charge in [-0.3, -0.25) is 0 Å². The van der Waals surface area contributed by atoms with Crippen LogP contribution in [0.3, 0.4) is 0 Å². The Morgan fingerprint density at radius 3 is 2.35 bits per heavy atom. The topological polar surface area (TPSA) is 65.0 Å². The van der Waals surface area contributed by atoms with Crippen LogP contribution in [0.4, 0.5) is 22.0 Å². The molecule has 0 spiro atoms. The van der Waals surface area contributed by atoms with Gasteiger partial charge >= 0.3 is 23.9 Å². The molecular weight excluding hydrogens is 367 g/mol. The summed E-state index contributed by atoms with van der Waals surface area (Å²) in [7, 11) is 0. The maximum Gasteiger partial charge on any atom is 0.449 e. The molecule has 1 aliphatic carbocycles. The van der Waals surface area contributed by atoms with Gasteiger partial charge in [0.1, 0.15) is 11.7 Å². The third kappa shape index (κ3) is 3.01. The predicted molar refractivity (Wildman–Crippen MR) is 78.3 cm³/mol. The third-order valence-corrected chi connectivity index (χ3v) is 4.91. The van der Waals surface area contributed by atoms with Crippen LogP contribution in [0, 0.1) is 0 Å². The first-order chi connectivity index (χ1) is 11.6. The van der Waals surface area contributed by atoms with Gasteiger partial charge in [0.15, 0.2) is 5.60 Å². The zero-order chi connectivity index (χ0) is 20.2. The fourth-order valence-electron chi connectivity index (χ4n) is 3.28. The zero-order valence-electron chi connectivity index (χ0n) is 14.6. The third-order valence-electron chi connectivity index (χ3n) is 4.91. The van der Waals surface area contributed by atoms with Crippen LogP contribution in [0.25, 0.3) is 0 Å². The number of halogens is 5. The van der Waals surface area contributed by atoms with E-state index < -0.39 is 47.8 Å². The second kappa shape index (κ2) is 6.13. The highest BCUT2D eigenvalue weighted by atomic mass is 19.4. The summed E-state index contributed by atoms with van der Waals surface area (Å²) < 4.78 is 82.6. The molecule has 2 fully saturated rings. The van der Waals surface area contributed by atoms with Crippen molar-refractivity contribution < 1.29 is 46.1 Å². The van der Waals surface area contributed by atoms with Crippen LogP contribution >= 0.6 is 0 Å². The fourth-order valence-corrected chi connectivity index (χ4v) is 3.28. The molecule has 0 aromatic heterocycles. The molecule has 1 saturated heterocycles. The van der Waals surface area contributed by atoms with Gasteiger partial charge in [-0.15, -0.1) is 0 Å². The van der Waals surface area contributed by atoms with Gasteiger partial charge in [0.05, 0.1) is 6.61 Å². The van der Waals surface area contributed by atoms with Crippen LogP contribution < -0.4 is 0 Å².